The van der Waals surface area contributed by atoms with Crippen LogP contribution in [-0.2, 0) is 0 Å². The molecule has 0 unspecified atom stereocenters. The van der Waals surface area contributed by atoms with Crippen molar-refractivity contribution in [2.24, 2.45) is 5.41 Å². The van der Waals surface area contributed by atoms with Crippen LogP contribution in [0.2, 0.25) is 0 Å². The van der Waals surface area contributed by atoms with Gasteiger partial charge in [0.1, 0.15) is 10.6 Å². The molecule has 0 aliphatic carbocycles. The highest BCUT2D eigenvalue weighted by atomic mass is 32.1. The van der Waals surface area contributed by atoms with Crippen molar-refractivity contribution in [3.05, 3.63) is 11.4 Å². The van der Waals surface area contributed by atoms with Gasteiger partial charge in [0.25, 0.3) is 0 Å². The summed E-state index contributed by atoms with van der Waals surface area (Å²) in [6, 6.07) is 2.10. The first-order valence-electron chi connectivity index (χ1n) is 7.45. The minimum absolute atomic E-state index is 0.347. The maximum atomic E-state index is 4.58. The van der Waals surface area contributed by atoms with Gasteiger partial charge < -0.3 is 15.5 Å². The second kappa shape index (κ2) is 5.77. The highest BCUT2D eigenvalue weighted by Gasteiger charge is 2.28. The van der Waals surface area contributed by atoms with Gasteiger partial charge in [-0.25, -0.2) is 4.98 Å². The summed E-state index contributed by atoms with van der Waals surface area (Å²) >= 11 is 1.65. The van der Waals surface area contributed by atoms with E-state index in [1.54, 1.807) is 11.3 Å². The summed E-state index contributed by atoms with van der Waals surface area (Å²) in [4.78, 5) is 12.5. The molecule has 2 aromatic heterocycles. The maximum Gasteiger partial charge on any atom is 0.225 e. The third-order valence-electron chi connectivity index (χ3n) is 4.43. The number of rotatable bonds is 4. The smallest absolute Gasteiger partial charge is 0.225 e. The molecule has 1 aliphatic heterocycles. The predicted octanol–water partition coefficient (Wildman–Crippen LogP) is 2.88. The predicted molar refractivity (Wildman–Crippen MR) is 90.3 cm³/mol. The lowest BCUT2D eigenvalue weighted by molar-refractivity contribution is 0.150. The molecule has 0 radical (unpaired) electrons. The van der Waals surface area contributed by atoms with Crippen molar-refractivity contribution >= 4 is 33.3 Å². The average molecular weight is 305 g/mol. The molecule has 0 bridgehead atoms. The molecule has 6 heteroatoms. The Morgan fingerprint density at radius 3 is 2.81 bits per heavy atom. The standard InChI is InChI=1S/C15H23N5S/c1-15(5-7-20(3)8-6-15)10-17-12-11-4-9-21-13(11)19-14(16-2)18-12/h4,9H,5-8,10H2,1-3H3,(H2,16,17,18,19). The van der Waals surface area contributed by atoms with E-state index in [2.05, 4.69) is 50.9 Å². The number of aromatic nitrogens is 2. The van der Waals surface area contributed by atoms with Gasteiger partial charge in [-0.15, -0.1) is 11.3 Å². The summed E-state index contributed by atoms with van der Waals surface area (Å²) in [6.45, 7) is 5.69. The van der Waals surface area contributed by atoms with Crippen molar-refractivity contribution in [2.45, 2.75) is 19.8 Å². The van der Waals surface area contributed by atoms with Crippen LogP contribution in [0.4, 0.5) is 11.8 Å². The van der Waals surface area contributed by atoms with Crippen molar-refractivity contribution in [1.82, 2.24) is 14.9 Å². The minimum Gasteiger partial charge on any atom is -0.369 e. The second-order valence-corrected chi connectivity index (χ2v) is 7.15. The van der Waals surface area contributed by atoms with Crippen molar-refractivity contribution < 1.29 is 0 Å². The highest BCUT2D eigenvalue weighted by molar-refractivity contribution is 7.16. The Morgan fingerprint density at radius 2 is 2.10 bits per heavy atom. The first-order chi connectivity index (χ1) is 10.1. The van der Waals surface area contributed by atoms with Gasteiger partial charge in [0.2, 0.25) is 5.95 Å². The number of thiophene rings is 1. The van der Waals surface area contributed by atoms with Crippen LogP contribution in [0.15, 0.2) is 11.4 Å². The summed E-state index contributed by atoms with van der Waals surface area (Å²) in [5.74, 6) is 1.63. The molecule has 2 aromatic rings. The Bertz CT molecular complexity index is 616. The molecular formula is C15H23N5S. The van der Waals surface area contributed by atoms with Crippen LogP contribution in [0.1, 0.15) is 19.8 Å². The quantitative estimate of drug-likeness (QED) is 0.909. The van der Waals surface area contributed by atoms with E-state index < -0.39 is 0 Å². The van der Waals surface area contributed by atoms with Crippen molar-refractivity contribution in [3.63, 3.8) is 0 Å². The lowest BCUT2D eigenvalue weighted by atomic mass is 9.80. The molecule has 3 rings (SSSR count). The average Bonchev–Trinajstić information content (AvgIpc) is 2.96. The third-order valence-corrected chi connectivity index (χ3v) is 5.23. The van der Waals surface area contributed by atoms with Crippen LogP contribution >= 0.6 is 11.3 Å². The zero-order valence-electron chi connectivity index (χ0n) is 12.9. The lowest BCUT2D eigenvalue weighted by Crippen LogP contribution is -2.40. The first kappa shape index (κ1) is 14.5. The van der Waals surface area contributed by atoms with Crippen molar-refractivity contribution in [2.75, 3.05) is 44.4 Å². The van der Waals surface area contributed by atoms with E-state index in [0.717, 1.165) is 22.6 Å². The molecule has 0 aromatic carbocycles. The fourth-order valence-electron chi connectivity index (χ4n) is 2.73. The van der Waals surface area contributed by atoms with Gasteiger partial charge in [0.15, 0.2) is 0 Å². The number of likely N-dealkylation sites (tertiary alicyclic amines) is 1. The zero-order valence-corrected chi connectivity index (χ0v) is 13.8. The first-order valence-corrected chi connectivity index (χ1v) is 8.33. The van der Waals surface area contributed by atoms with Gasteiger partial charge in [0.05, 0.1) is 5.39 Å². The van der Waals surface area contributed by atoms with Crippen LogP contribution in [0, 0.1) is 5.41 Å². The molecule has 21 heavy (non-hydrogen) atoms. The fraction of sp³-hybridized carbons (Fsp3) is 0.600. The van der Waals surface area contributed by atoms with Gasteiger partial charge in [-0.05, 0) is 49.8 Å². The van der Waals surface area contributed by atoms with Gasteiger partial charge in [0, 0.05) is 13.6 Å². The second-order valence-electron chi connectivity index (χ2n) is 6.25. The summed E-state index contributed by atoms with van der Waals surface area (Å²) in [6.07, 6.45) is 2.46. The Morgan fingerprint density at radius 1 is 1.33 bits per heavy atom. The topological polar surface area (TPSA) is 53.1 Å². The van der Waals surface area contributed by atoms with E-state index in [-0.39, 0.29) is 0 Å². The van der Waals surface area contributed by atoms with Crippen LogP contribution in [0.5, 0.6) is 0 Å². The largest absolute Gasteiger partial charge is 0.369 e. The monoisotopic (exact) mass is 305 g/mol. The molecule has 114 valence electrons. The van der Waals surface area contributed by atoms with E-state index in [1.807, 2.05) is 7.05 Å². The van der Waals surface area contributed by atoms with Crippen molar-refractivity contribution in [3.8, 4) is 0 Å². The molecule has 1 aliphatic rings. The van der Waals surface area contributed by atoms with E-state index in [9.17, 15) is 0 Å². The number of fused-ring (bicyclic) bond motifs is 1. The number of piperidine rings is 1. The molecule has 2 N–H and O–H groups in total. The Hall–Kier alpha value is -1.40. The fourth-order valence-corrected chi connectivity index (χ4v) is 3.50. The molecule has 1 fully saturated rings. The van der Waals surface area contributed by atoms with Gasteiger partial charge in [-0.2, -0.15) is 4.98 Å². The van der Waals surface area contributed by atoms with E-state index in [0.29, 0.717) is 11.4 Å². The molecule has 3 heterocycles. The summed E-state index contributed by atoms with van der Waals surface area (Å²) < 4.78 is 0. The van der Waals surface area contributed by atoms with Crippen LogP contribution < -0.4 is 10.6 Å². The summed E-state index contributed by atoms with van der Waals surface area (Å²) in [5, 5.41) is 9.80. The van der Waals surface area contributed by atoms with Crippen LogP contribution in [0.25, 0.3) is 10.2 Å². The number of hydrogen-bond donors (Lipinski definition) is 2. The van der Waals surface area contributed by atoms with Crippen LogP contribution in [0.3, 0.4) is 0 Å². The van der Waals surface area contributed by atoms with Gasteiger partial charge in [-0.1, -0.05) is 6.92 Å². The van der Waals surface area contributed by atoms with E-state index >= 15 is 0 Å². The minimum atomic E-state index is 0.347. The summed E-state index contributed by atoms with van der Waals surface area (Å²) in [7, 11) is 4.06. The molecule has 0 amide bonds. The molecular weight excluding hydrogens is 282 g/mol. The van der Waals surface area contributed by atoms with Crippen molar-refractivity contribution in [1.29, 1.82) is 0 Å². The number of nitrogens with one attached hydrogen (secondary N) is 2. The Kier molecular flexibility index (Phi) is 3.99. The maximum absolute atomic E-state index is 4.58. The SMILES string of the molecule is CNc1nc(NCC2(C)CCN(C)CC2)c2ccsc2n1. The number of nitrogens with zero attached hydrogens (tertiary/aromatic N) is 3. The summed E-state index contributed by atoms with van der Waals surface area (Å²) in [5.41, 5.74) is 0.347. The molecule has 1 saturated heterocycles. The lowest BCUT2D eigenvalue weighted by Gasteiger charge is -2.38. The van der Waals surface area contributed by atoms with E-state index in [4.69, 9.17) is 0 Å². The number of hydrogen-bond acceptors (Lipinski definition) is 6. The molecule has 0 spiro atoms. The van der Waals surface area contributed by atoms with Gasteiger partial charge >= 0.3 is 0 Å². The van der Waals surface area contributed by atoms with Gasteiger partial charge in [-0.3, -0.25) is 0 Å². The normalized spacial score (nSPS) is 18.8. The molecule has 0 atom stereocenters. The number of anilines is 2. The Balaban J connectivity index is 1.77. The third kappa shape index (κ3) is 3.11. The Labute approximate surface area is 129 Å². The van der Waals surface area contributed by atoms with E-state index in [1.165, 1.54) is 25.9 Å². The zero-order chi connectivity index (χ0) is 14.9. The highest BCUT2D eigenvalue weighted by Crippen LogP contribution is 2.32. The molecule has 5 nitrogen and oxygen atoms in total. The molecule has 0 saturated carbocycles. The van der Waals surface area contributed by atoms with Crippen LogP contribution in [-0.4, -0.2) is 48.6 Å².